The van der Waals surface area contributed by atoms with Gasteiger partial charge in [0, 0.05) is 45.1 Å². The van der Waals surface area contributed by atoms with Crippen molar-refractivity contribution in [3.05, 3.63) is 12.2 Å². The van der Waals surface area contributed by atoms with Crippen LogP contribution >= 0.6 is 0 Å². The van der Waals surface area contributed by atoms with Crippen molar-refractivity contribution in [3.8, 4) is 0 Å². The number of fused-ring (bicyclic) bond motifs is 1. The summed E-state index contributed by atoms with van der Waals surface area (Å²) >= 11 is 0. The molecule has 5 heterocycles. The van der Waals surface area contributed by atoms with Crippen LogP contribution in [0.3, 0.4) is 0 Å². The maximum absolute atomic E-state index is 14.1. The number of likely N-dealkylation sites (N-methyl/N-ethyl adjacent to an activating group) is 1. The molecule has 62 heavy (non-hydrogen) atoms. The topological polar surface area (TPSA) is 199 Å². The third-order valence-corrected chi connectivity index (χ3v) is 14.3. The normalized spacial score (nSPS) is 47.2. The molecule has 16 heteroatoms. The van der Waals surface area contributed by atoms with Crippen LogP contribution in [0, 0.1) is 35.5 Å². The van der Waals surface area contributed by atoms with E-state index >= 15 is 0 Å². The zero-order valence-corrected chi connectivity index (χ0v) is 39.3. The van der Waals surface area contributed by atoms with E-state index in [9.17, 15) is 30.0 Å². The molecule has 16 nitrogen and oxygen atoms in total. The van der Waals surface area contributed by atoms with Gasteiger partial charge in [-0.2, -0.15) is 0 Å². The molecule has 5 rings (SSSR count). The number of cyclic esters (lactones) is 1. The average molecular weight is 885 g/mol. The van der Waals surface area contributed by atoms with Gasteiger partial charge in [0.05, 0.1) is 55.7 Å². The minimum atomic E-state index is -1.24. The summed E-state index contributed by atoms with van der Waals surface area (Å²) in [6, 6.07) is -0.690. The third kappa shape index (κ3) is 12.2. The molecule has 0 aromatic rings. The first-order valence-electron chi connectivity index (χ1n) is 23.1. The number of piperidine rings is 1. The Labute approximate surface area is 369 Å². The molecule has 0 amide bonds. The van der Waals surface area contributed by atoms with Crippen molar-refractivity contribution in [1.82, 2.24) is 9.80 Å². The smallest absolute Gasteiger partial charge is 0.308 e. The van der Waals surface area contributed by atoms with Crippen LogP contribution in [-0.4, -0.2) is 188 Å². The second kappa shape index (κ2) is 22.2. The average Bonchev–Trinajstić information content (AvgIpc) is 3.88. The highest BCUT2D eigenvalue weighted by atomic mass is 16.7. The molecule has 5 aliphatic rings. The van der Waals surface area contributed by atoms with Crippen LogP contribution in [0.2, 0.25) is 0 Å². The highest BCUT2D eigenvalue weighted by Crippen LogP contribution is 2.46. The SMILES string of the molecule is CC[C@H]1OC(=O)C[C@@H](O)[C@H](C)C(O[C@@H]2O[C@H](C)[C@@H](O)[C@H](N(C)C)[C@H]2O)[C@@H](CCN2C[C@H](C)C[C@H](C)C2)C[C@@H](C)C(=O)/C=C/[C@]2(C)O[C@H]2C1COC1O[C@H](C)C(O)C(OC)C1OC. The molecule has 6 unspecified atom stereocenters. The van der Waals surface area contributed by atoms with Gasteiger partial charge in [0.1, 0.15) is 36.1 Å². The van der Waals surface area contributed by atoms with Crippen molar-refractivity contribution in [2.75, 3.05) is 54.6 Å². The summed E-state index contributed by atoms with van der Waals surface area (Å²) in [6.45, 7) is 18.2. The molecule has 0 saturated carbocycles. The Kier molecular flexibility index (Phi) is 18.4. The van der Waals surface area contributed by atoms with Gasteiger partial charge in [0.15, 0.2) is 18.4 Å². The van der Waals surface area contributed by atoms with Gasteiger partial charge in [-0.05, 0) is 97.0 Å². The van der Waals surface area contributed by atoms with Crippen LogP contribution in [0.25, 0.3) is 0 Å². The number of nitrogens with zero attached hydrogens (tertiary/aromatic N) is 2. The van der Waals surface area contributed by atoms with Crippen LogP contribution in [0.4, 0.5) is 0 Å². The second-order valence-electron chi connectivity index (χ2n) is 19.8. The number of aliphatic hydroxyl groups is 4. The van der Waals surface area contributed by atoms with E-state index in [0.29, 0.717) is 31.1 Å². The van der Waals surface area contributed by atoms with Gasteiger partial charge >= 0.3 is 5.97 Å². The molecular weight excluding hydrogens is 805 g/mol. The quantitative estimate of drug-likeness (QED) is 0.165. The highest BCUT2D eigenvalue weighted by Gasteiger charge is 2.58. The number of esters is 1. The van der Waals surface area contributed by atoms with Crippen molar-refractivity contribution in [3.63, 3.8) is 0 Å². The van der Waals surface area contributed by atoms with Crippen molar-refractivity contribution in [1.29, 1.82) is 0 Å². The molecule has 5 aliphatic heterocycles. The molecule has 0 aromatic carbocycles. The first-order chi connectivity index (χ1) is 29.2. The highest BCUT2D eigenvalue weighted by molar-refractivity contribution is 5.91. The number of aliphatic hydroxyl groups excluding tert-OH is 4. The van der Waals surface area contributed by atoms with Gasteiger partial charge < -0.3 is 68.1 Å². The van der Waals surface area contributed by atoms with Crippen LogP contribution in [0.1, 0.15) is 87.5 Å². The molecule has 4 fully saturated rings. The summed E-state index contributed by atoms with van der Waals surface area (Å²) in [5.41, 5.74) is -0.869. The van der Waals surface area contributed by atoms with Gasteiger partial charge in [-0.15, -0.1) is 0 Å². The molecule has 358 valence electrons. The largest absolute Gasteiger partial charge is 0.462 e. The molecule has 0 aliphatic carbocycles. The summed E-state index contributed by atoms with van der Waals surface area (Å²) in [6.07, 6.45) is -5.59. The van der Waals surface area contributed by atoms with Gasteiger partial charge in [0.2, 0.25) is 0 Å². The maximum Gasteiger partial charge on any atom is 0.308 e. The Morgan fingerprint density at radius 3 is 2.10 bits per heavy atom. The Balaban J connectivity index is 1.46. The zero-order chi connectivity index (χ0) is 45.8. The fourth-order valence-electron chi connectivity index (χ4n) is 10.7. The number of allylic oxidation sites excluding steroid dienone is 1. The lowest BCUT2D eigenvalue weighted by atomic mass is 9.79. The van der Waals surface area contributed by atoms with Gasteiger partial charge in [0.25, 0.3) is 0 Å². The van der Waals surface area contributed by atoms with Crippen LogP contribution in [0.15, 0.2) is 12.2 Å². The minimum Gasteiger partial charge on any atom is -0.462 e. The van der Waals surface area contributed by atoms with Crippen molar-refractivity contribution in [2.45, 2.75) is 179 Å². The van der Waals surface area contributed by atoms with E-state index in [1.807, 2.05) is 27.7 Å². The summed E-state index contributed by atoms with van der Waals surface area (Å²) in [5.74, 6) is -1.58. The lowest BCUT2D eigenvalue weighted by Gasteiger charge is -2.47. The van der Waals surface area contributed by atoms with E-state index in [1.165, 1.54) is 14.2 Å². The van der Waals surface area contributed by atoms with E-state index in [4.69, 9.17) is 37.9 Å². The van der Waals surface area contributed by atoms with Crippen LogP contribution < -0.4 is 0 Å². The first-order valence-corrected chi connectivity index (χ1v) is 23.1. The Hall–Kier alpha value is -1.64. The van der Waals surface area contributed by atoms with Crippen molar-refractivity contribution >= 4 is 11.8 Å². The molecule has 4 N–H and O–H groups in total. The number of ether oxygens (including phenoxy) is 8. The van der Waals surface area contributed by atoms with E-state index in [0.717, 1.165) is 26.1 Å². The summed E-state index contributed by atoms with van der Waals surface area (Å²) in [4.78, 5) is 32.3. The second-order valence-corrected chi connectivity index (χ2v) is 19.8. The molecule has 4 saturated heterocycles. The molecule has 0 radical (unpaired) electrons. The van der Waals surface area contributed by atoms with E-state index in [-0.39, 0.29) is 24.7 Å². The summed E-state index contributed by atoms with van der Waals surface area (Å²) in [5, 5.41) is 45.4. The fraction of sp³-hybridized carbons (Fsp3) is 0.913. The number of methoxy groups -OCH3 is 2. The number of ketones is 1. The maximum atomic E-state index is 14.1. The van der Waals surface area contributed by atoms with Crippen LogP contribution in [0.5, 0.6) is 0 Å². The van der Waals surface area contributed by atoms with Gasteiger partial charge in [-0.25, -0.2) is 0 Å². The number of rotatable bonds is 12. The van der Waals surface area contributed by atoms with E-state index in [1.54, 1.807) is 45.0 Å². The predicted molar refractivity (Wildman–Crippen MR) is 229 cm³/mol. The standard InChI is InChI=1S/C46H80N2O14/c1-13-34-31(23-57-45-42(56-12)41(55-11)38(53)29(7)59-45)43-46(8,62-43)16-14-32(49)26(4)19-30(15-17-48-21-24(2)18-25(3)22-48)40(27(5)33(50)20-35(51)60-34)61-44-39(54)36(47(9)10)37(52)28(6)58-44/h14,16,24-31,33-34,36-45,50,52-54H,13,15,17-23H2,1-12H3/b16-14+/t24-,25+,26-,27+,28-,29-,30+,31?,33-,34-,36+,37-,38?,39-,40?,41?,42?,43+,44+,45?,46+/m1/s1. The molecule has 21 atom stereocenters. The Bertz CT molecular complexity index is 1460. The third-order valence-electron chi connectivity index (χ3n) is 14.3. The van der Waals surface area contributed by atoms with Crippen molar-refractivity contribution in [2.24, 2.45) is 35.5 Å². The van der Waals surface area contributed by atoms with Crippen molar-refractivity contribution < 1.29 is 67.9 Å². The lowest BCUT2D eigenvalue weighted by Crippen LogP contribution is -2.63. The number of likely N-dealkylation sites (tertiary alicyclic amines) is 1. The number of epoxide rings is 1. The van der Waals surface area contributed by atoms with E-state index < -0.39 is 115 Å². The molecule has 0 bridgehead atoms. The molecule has 0 aromatic heterocycles. The Morgan fingerprint density at radius 2 is 1.48 bits per heavy atom. The van der Waals surface area contributed by atoms with Gasteiger partial charge in [-0.1, -0.05) is 34.6 Å². The van der Waals surface area contributed by atoms with Gasteiger partial charge in [-0.3, -0.25) is 9.59 Å². The summed E-state index contributed by atoms with van der Waals surface area (Å²) < 4.78 is 49.1. The minimum absolute atomic E-state index is 0.0178. The monoisotopic (exact) mass is 885 g/mol. The zero-order valence-electron chi connectivity index (χ0n) is 39.3. The Morgan fingerprint density at radius 1 is 0.855 bits per heavy atom. The number of carbonyl (C=O) groups excluding carboxylic acids is 2. The molecular formula is C46H80N2O14. The van der Waals surface area contributed by atoms with E-state index in [2.05, 4.69) is 18.7 Å². The summed E-state index contributed by atoms with van der Waals surface area (Å²) in [7, 11) is 6.53. The number of hydrogen-bond donors (Lipinski definition) is 4. The predicted octanol–water partition coefficient (Wildman–Crippen LogP) is 2.55. The number of carbonyl (C=O) groups is 2. The first kappa shape index (κ1) is 51.3. The lowest BCUT2D eigenvalue weighted by molar-refractivity contribution is -0.305. The van der Waals surface area contributed by atoms with Crippen LogP contribution in [-0.2, 0) is 47.5 Å². The number of hydrogen-bond acceptors (Lipinski definition) is 16. The molecule has 0 spiro atoms. The fourth-order valence-corrected chi connectivity index (χ4v) is 10.7.